The summed E-state index contributed by atoms with van der Waals surface area (Å²) in [7, 11) is 0. The molecule has 0 aliphatic carbocycles. The zero-order valence-corrected chi connectivity index (χ0v) is 8.99. The summed E-state index contributed by atoms with van der Waals surface area (Å²) in [6.07, 6.45) is 2.67. The molecule has 84 valence electrons. The van der Waals surface area contributed by atoms with Crippen LogP contribution in [-0.2, 0) is 11.8 Å². The minimum absolute atomic E-state index is 0.0427. The molecule has 5 heteroatoms. The number of aliphatic hydroxyl groups is 1. The van der Waals surface area contributed by atoms with E-state index in [2.05, 4.69) is 22.4 Å². The van der Waals surface area contributed by atoms with Gasteiger partial charge in [0.05, 0.1) is 12.0 Å². The van der Waals surface area contributed by atoms with Gasteiger partial charge in [-0.2, -0.15) is 4.98 Å². The number of aromatic nitrogens is 2. The Morgan fingerprint density at radius 2 is 2.47 bits per heavy atom. The maximum Gasteiger partial charge on any atom is 0.233 e. The third-order valence-corrected chi connectivity index (χ3v) is 2.92. The number of piperidine rings is 1. The molecule has 5 nitrogen and oxygen atoms in total. The molecule has 1 atom stereocenters. The molecule has 1 fully saturated rings. The van der Waals surface area contributed by atoms with Gasteiger partial charge in [0.15, 0.2) is 5.82 Å². The molecule has 2 N–H and O–H groups in total. The van der Waals surface area contributed by atoms with Crippen LogP contribution >= 0.6 is 0 Å². The lowest BCUT2D eigenvalue weighted by atomic mass is 9.83. The molecule has 15 heavy (non-hydrogen) atoms. The van der Waals surface area contributed by atoms with Crippen molar-refractivity contribution in [2.45, 2.75) is 31.6 Å². The van der Waals surface area contributed by atoms with Crippen LogP contribution in [0.1, 0.15) is 31.5 Å². The van der Waals surface area contributed by atoms with Gasteiger partial charge in [-0.3, -0.25) is 0 Å². The third-order valence-electron chi connectivity index (χ3n) is 2.92. The largest absolute Gasteiger partial charge is 0.396 e. The highest BCUT2D eigenvalue weighted by Crippen LogP contribution is 2.29. The van der Waals surface area contributed by atoms with Crippen molar-refractivity contribution in [2.75, 3.05) is 19.7 Å². The summed E-state index contributed by atoms with van der Waals surface area (Å²) in [5.41, 5.74) is -0.0427. The van der Waals surface area contributed by atoms with Crippen LogP contribution in [0, 0.1) is 0 Å². The molecular weight excluding hydrogens is 194 g/mol. The normalized spacial score (nSPS) is 26.8. The topological polar surface area (TPSA) is 71.2 Å². The highest BCUT2D eigenvalue weighted by molar-refractivity contribution is 5.06. The van der Waals surface area contributed by atoms with Gasteiger partial charge in [0.25, 0.3) is 0 Å². The van der Waals surface area contributed by atoms with Crippen molar-refractivity contribution < 1.29 is 9.63 Å². The minimum atomic E-state index is -0.0427. The van der Waals surface area contributed by atoms with E-state index in [4.69, 9.17) is 9.63 Å². The molecule has 2 heterocycles. The Balaban J connectivity index is 2.12. The van der Waals surface area contributed by atoms with Crippen molar-refractivity contribution in [1.82, 2.24) is 15.5 Å². The summed E-state index contributed by atoms with van der Waals surface area (Å²) in [6.45, 7) is 4.14. The highest BCUT2D eigenvalue weighted by Gasteiger charge is 2.34. The first-order valence-electron chi connectivity index (χ1n) is 5.39. The molecule has 1 aromatic heterocycles. The molecule has 2 rings (SSSR count). The Kier molecular flexibility index (Phi) is 3.02. The van der Waals surface area contributed by atoms with E-state index in [0.29, 0.717) is 18.1 Å². The van der Waals surface area contributed by atoms with Crippen molar-refractivity contribution in [3.8, 4) is 0 Å². The van der Waals surface area contributed by atoms with Gasteiger partial charge in [-0.25, -0.2) is 0 Å². The lowest BCUT2D eigenvalue weighted by molar-refractivity contribution is 0.244. The predicted molar refractivity (Wildman–Crippen MR) is 54.5 cm³/mol. The van der Waals surface area contributed by atoms with Crippen molar-refractivity contribution in [3.05, 3.63) is 11.7 Å². The number of hydrogen-bond acceptors (Lipinski definition) is 5. The zero-order valence-electron chi connectivity index (χ0n) is 8.99. The number of aliphatic hydroxyl groups excluding tert-OH is 1. The molecule has 0 bridgehead atoms. The van der Waals surface area contributed by atoms with E-state index in [9.17, 15) is 0 Å². The maximum atomic E-state index is 8.77. The molecule has 1 aliphatic rings. The van der Waals surface area contributed by atoms with E-state index in [1.807, 2.05) is 0 Å². The second-order valence-electron chi connectivity index (χ2n) is 4.33. The molecule has 1 aromatic rings. The van der Waals surface area contributed by atoms with Gasteiger partial charge in [-0.1, -0.05) is 5.16 Å². The quantitative estimate of drug-likeness (QED) is 0.749. The maximum absolute atomic E-state index is 8.77. The van der Waals surface area contributed by atoms with Crippen LogP contribution in [0.25, 0.3) is 0 Å². The minimum Gasteiger partial charge on any atom is -0.396 e. The Labute approximate surface area is 88.9 Å². The Morgan fingerprint density at radius 1 is 1.60 bits per heavy atom. The van der Waals surface area contributed by atoms with E-state index < -0.39 is 0 Å². The molecular formula is C10H17N3O2. The summed E-state index contributed by atoms with van der Waals surface area (Å²) in [5.74, 6) is 1.29. The van der Waals surface area contributed by atoms with Crippen LogP contribution in [-0.4, -0.2) is 34.9 Å². The van der Waals surface area contributed by atoms with Gasteiger partial charge in [-0.15, -0.1) is 0 Å². The Bertz CT molecular complexity index is 318. The van der Waals surface area contributed by atoms with Crippen LogP contribution in [0.3, 0.4) is 0 Å². The first-order valence-corrected chi connectivity index (χ1v) is 5.39. The monoisotopic (exact) mass is 211 g/mol. The molecule has 0 amide bonds. The molecule has 0 aromatic carbocycles. The number of nitrogens with zero attached hydrogens (tertiary/aromatic N) is 2. The fourth-order valence-corrected chi connectivity index (χ4v) is 1.94. The first-order chi connectivity index (χ1) is 7.24. The van der Waals surface area contributed by atoms with Crippen molar-refractivity contribution >= 4 is 0 Å². The molecule has 0 radical (unpaired) electrons. The average Bonchev–Trinajstić information content (AvgIpc) is 2.69. The number of nitrogens with one attached hydrogen (secondary N) is 1. The Hall–Kier alpha value is -0.940. The fraction of sp³-hybridized carbons (Fsp3) is 0.800. The standard InChI is InChI=1S/C10H17N3O2/c1-10(4-2-5-11-7-10)9-12-8(3-6-14)13-15-9/h11,14H,2-7H2,1H3. The van der Waals surface area contributed by atoms with Gasteiger partial charge in [0.1, 0.15) is 0 Å². The van der Waals surface area contributed by atoms with Crippen LogP contribution in [0.2, 0.25) is 0 Å². The van der Waals surface area contributed by atoms with Crippen LogP contribution in [0.15, 0.2) is 4.52 Å². The average molecular weight is 211 g/mol. The Morgan fingerprint density at radius 3 is 3.13 bits per heavy atom. The highest BCUT2D eigenvalue weighted by atomic mass is 16.5. The van der Waals surface area contributed by atoms with Gasteiger partial charge in [-0.05, 0) is 26.3 Å². The van der Waals surface area contributed by atoms with E-state index in [1.54, 1.807) is 0 Å². The van der Waals surface area contributed by atoms with Gasteiger partial charge < -0.3 is 14.9 Å². The van der Waals surface area contributed by atoms with Crippen molar-refractivity contribution in [3.63, 3.8) is 0 Å². The SMILES string of the molecule is CC1(c2nc(CCO)no2)CCCNC1. The summed E-state index contributed by atoms with van der Waals surface area (Å²) in [6, 6.07) is 0. The lowest BCUT2D eigenvalue weighted by Gasteiger charge is -2.30. The summed E-state index contributed by atoms with van der Waals surface area (Å²) >= 11 is 0. The molecule has 1 unspecified atom stereocenters. The van der Waals surface area contributed by atoms with Crippen LogP contribution < -0.4 is 5.32 Å². The first kappa shape index (κ1) is 10.6. The van der Waals surface area contributed by atoms with Crippen molar-refractivity contribution in [2.24, 2.45) is 0 Å². The zero-order chi connectivity index (χ0) is 10.7. The van der Waals surface area contributed by atoms with Gasteiger partial charge in [0.2, 0.25) is 5.89 Å². The lowest BCUT2D eigenvalue weighted by Crippen LogP contribution is -2.41. The second-order valence-corrected chi connectivity index (χ2v) is 4.33. The van der Waals surface area contributed by atoms with Gasteiger partial charge >= 0.3 is 0 Å². The number of rotatable bonds is 3. The van der Waals surface area contributed by atoms with Crippen LogP contribution in [0.5, 0.6) is 0 Å². The molecule has 1 saturated heterocycles. The summed E-state index contributed by atoms with van der Waals surface area (Å²) in [5, 5.41) is 16.0. The van der Waals surface area contributed by atoms with Gasteiger partial charge in [0, 0.05) is 13.0 Å². The van der Waals surface area contributed by atoms with E-state index in [1.165, 1.54) is 0 Å². The third kappa shape index (κ3) is 2.18. The molecule has 0 spiro atoms. The fourth-order valence-electron chi connectivity index (χ4n) is 1.94. The summed E-state index contributed by atoms with van der Waals surface area (Å²) in [4.78, 5) is 4.32. The van der Waals surface area contributed by atoms with E-state index in [0.717, 1.165) is 25.9 Å². The predicted octanol–water partition coefficient (Wildman–Crippen LogP) is 0.245. The van der Waals surface area contributed by atoms with Crippen molar-refractivity contribution in [1.29, 1.82) is 0 Å². The smallest absolute Gasteiger partial charge is 0.233 e. The molecule has 1 aliphatic heterocycles. The molecule has 0 saturated carbocycles. The summed E-state index contributed by atoms with van der Waals surface area (Å²) < 4.78 is 5.25. The second kappa shape index (κ2) is 4.28. The van der Waals surface area contributed by atoms with E-state index in [-0.39, 0.29) is 12.0 Å². The number of hydrogen-bond donors (Lipinski definition) is 2. The van der Waals surface area contributed by atoms with Crippen LogP contribution in [0.4, 0.5) is 0 Å². The van der Waals surface area contributed by atoms with E-state index >= 15 is 0 Å².